The van der Waals surface area contributed by atoms with E-state index in [-0.39, 0.29) is 5.91 Å². The van der Waals surface area contributed by atoms with Crippen LogP contribution in [-0.2, 0) is 0 Å². The van der Waals surface area contributed by atoms with E-state index in [9.17, 15) is 4.79 Å². The van der Waals surface area contributed by atoms with Crippen molar-refractivity contribution in [3.8, 4) is 5.75 Å². The van der Waals surface area contributed by atoms with Crippen LogP contribution in [0.4, 0.5) is 11.5 Å². The number of nitrogens with zero attached hydrogens (tertiary/aromatic N) is 3. The molecule has 0 saturated carbocycles. The van der Waals surface area contributed by atoms with Gasteiger partial charge < -0.3 is 15.0 Å². The van der Waals surface area contributed by atoms with Crippen LogP contribution in [-0.4, -0.2) is 40.5 Å². The van der Waals surface area contributed by atoms with Gasteiger partial charge in [-0.25, -0.2) is 9.97 Å². The van der Waals surface area contributed by atoms with E-state index >= 15 is 0 Å². The van der Waals surface area contributed by atoms with Gasteiger partial charge in [0.2, 0.25) is 0 Å². The Kier molecular flexibility index (Phi) is 5.82. The van der Waals surface area contributed by atoms with E-state index in [0.29, 0.717) is 18.1 Å². The Morgan fingerprint density at radius 1 is 1.08 bits per heavy atom. The second kappa shape index (κ2) is 8.46. The van der Waals surface area contributed by atoms with Gasteiger partial charge in [0.25, 0.3) is 5.91 Å². The molecular weight excluding hydrogens is 316 g/mol. The highest BCUT2D eigenvalue weighted by Crippen LogP contribution is 2.19. The van der Waals surface area contributed by atoms with E-state index in [2.05, 4.69) is 15.3 Å². The minimum Gasteiger partial charge on any atom is -0.494 e. The highest BCUT2D eigenvalue weighted by molar-refractivity contribution is 5.92. The van der Waals surface area contributed by atoms with Crippen LogP contribution in [0.3, 0.4) is 0 Å². The van der Waals surface area contributed by atoms with Crippen molar-refractivity contribution in [3.05, 3.63) is 42.4 Å². The van der Waals surface area contributed by atoms with Crippen molar-refractivity contribution in [2.45, 2.75) is 32.6 Å². The first-order chi connectivity index (χ1) is 12.3. The molecule has 2 aromatic rings. The molecule has 0 aliphatic carbocycles. The maximum atomic E-state index is 12.5. The van der Waals surface area contributed by atoms with E-state index in [0.717, 1.165) is 37.4 Å². The lowest BCUT2D eigenvalue weighted by Crippen LogP contribution is -2.32. The second-order valence-corrected chi connectivity index (χ2v) is 6.08. The molecule has 0 radical (unpaired) electrons. The molecule has 1 aliphatic rings. The maximum absolute atomic E-state index is 12.5. The van der Waals surface area contributed by atoms with Gasteiger partial charge in [0.05, 0.1) is 19.0 Å². The van der Waals surface area contributed by atoms with E-state index in [1.165, 1.54) is 12.8 Å². The van der Waals surface area contributed by atoms with Crippen molar-refractivity contribution in [3.63, 3.8) is 0 Å². The van der Waals surface area contributed by atoms with Crippen molar-refractivity contribution < 1.29 is 9.53 Å². The Morgan fingerprint density at radius 3 is 2.40 bits per heavy atom. The number of nitrogens with one attached hydrogen (secondary N) is 1. The topological polar surface area (TPSA) is 67.3 Å². The molecule has 1 aromatic heterocycles. The quantitative estimate of drug-likeness (QED) is 0.900. The average Bonchev–Trinajstić information content (AvgIpc) is 2.93. The predicted molar refractivity (Wildman–Crippen MR) is 97.3 cm³/mol. The highest BCUT2D eigenvalue weighted by Gasteiger charge is 2.18. The number of benzene rings is 1. The molecule has 6 nitrogen and oxygen atoms in total. The van der Waals surface area contributed by atoms with Crippen molar-refractivity contribution in [2.24, 2.45) is 0 Å². The lowest BCUT2D eigenvalue weighted by atomic mass is 10.2. The molecule has 25 heavy (non-hydrogen) atoms. The van der Waals surface area contributed by atoms with Crippen molar-refractivity contribution in [1.29, 1.82) is 0 Å². The zero-order valence-electron chi connectivity index (χ0n) is 14.6. The van der Waals surface area contributed by atoms with Gasteiger partial charge in [0.15, 0.2) is 0 Å². The SMILES string of the molecule is CCOc1ccc(Nc2cnc(C(=O)N3CCCCCC3)cn2)cc1. The molecule has 0 bridgehead atoms. The molecule has 132 valence electrons. The minimum absolute atomic E-state index is 0.0259. The third kappa shape index (κ3) is 4.68. The monoisotopic (exact) mass is 340 g/mol. The number of carbonyl (C=O) groups is 1. The molecule has 2 heterocycles. The Bertz CT molecular complexity index is 678. The summed E-state index contributed by atoms with van der Waals surface area (Å²) < 4.78 is 5.42. The number of ether oxygens (including phenoxy) is 1. The summed E-state index contributed by atoms with van der Waals surface area (Å²) in [5.74, 6) is 1.41. The number of amides is 1. The van der Waals surface area contributed by atoms with Gasteiger partial charge >= 0.3 is 0 Å². The Morgan fingerprint density at radius 2 is 1.80 bits per heavy atom. The number of hydrogen-bond acceptors (Lipinski definition) is 5. The van der Waals surface area contributed by atoms with Crippen LogP contribution in [0.2, 0.25) is 0 Å². The van der Waals surface area contributed by atoms with Gasteiger partial charge in [-0.3, -0.25) is 4.79 Å². The van der Waals surface area contributed by atoms with Crippen LogP contribution in [0.1, 0.15) is 43.1 Å². The number of rotatable bonds is 5. The Hall–Kier alpha value is -2.63. The second-order valence-electron chi connectivity index (χ2n) is 6.08. The molecule has 1 N–H and O–H groups in total. The maximum Gasteiger partial charge on any atom is 0.274 e. The number of aromatic nitrogens is 2. The first-order valence-electron chi connectivity index (χ1n) is 8.87. The molecule has 1 saturated heterocycles. The van der Waals surface area contributed by atoms with E-state index in [1.54, 1.807) is 12.4 Å². The molecule has 1 aromatic carbocycles. The zero-order chi connectivity index (χ0) is 17.5. The molecule has 3 rings (SSSR count). The molecule has 1 aliphatic heterocycles. The lowest BCUT2D eigenvalue weighted by molar-refractivity contribution is 0.0755. The number of likely N-dealkylation sites (tertiary alicyclic amines) is 1. The van der Waals surface area contributed by atoms with Gasteiger partial charge in [-0.2, -0.15) is 0 Å². The standard InChI is InChI=1S/C19H24N4O2/c1-2-25-16-9-7-15(8-10-16)22-18-14-20-17(13-21-18)19(24)23-11-5-3-4-6-12-23/h7-10,13-14H,2-6,11-12H2,1H3,(H,21,22). The van der Waals surface area contributed by atoms with Gasteiger partial charge in [-0.05, 0) is 44.0 Å². The van der Waals surface area contributed by atoms with E-state index in [4.69, 9.17) is 4.74 Å². The first kappa shape index (κ1) is 17.2. The summed E-state index contributed by atoms with van der Waals surface area (Å²) in [5.41, 5.74) is 1.29. The molecule has 0 unspecified atom stereocenters. The lowest BCUT2D eigenvalue weighted by Gasteiger charge is -2.19. The average molecular weight is 340 g/mol. The molecule has 1 amide bonds. The Balaban J connectivity index is 1.62. The van der Waals surface area contributed by atoms with Crippen LogP contribution in [0.25, 0.3) is 0 Å². The molecule has 0 spiro atoms. The van der Waals surface area contributed by atoms with Crippen LogP contribution in [0.5, 0.6) is 5.75 Å². The summed E-state index contributed by atoms with van der Waals surface area (Å²) in [4.78, 5) is 23.0. The van der Waals surface area contributed by atoms with Gasteiger partial charge in [0.1, 0.15) is 17.3 Å². The Labute approximate surface area is 148 Å². The fourth-order valence-corrected chi connectivity index (χ4v) is 2.89. The normalized spacial score (nSPS) is 14.7. The fraction of sp³-hybridized carbons (Fsp3) is 0.421. The van der Waals surface area contributed by atoms with E-state index < -0.39 is 0 Å². The van der Waals surface area contributed by atoms with Gasteiger partial charge in [-0.15, -0.1) is 0 Å². The summed E-state index contributed by atoms with van der Waals surface area (Å²) in [6.45, 7) is 4.22. The third-order valence-electron chi connectivity index (χ3n) is 4.20. The smallest absolute Gasteiger partial charge is 0.274 e. The van der Waals surface area contributed by atoms with E-state index in [1.807, 2.05) is 36.1 Å². The van der Waals surface area contributed by atoms with Gasteiger partial charge in [-0.1, -0.05) is 12.8 Å². The molecule has 6 heteroatoms. The van der Waals surface area contributed by atoms with Crippen molar-refractivity contribution >= 4 is 17.4 Å². The summed E-state index contributed by atoms with van der Waals surface area (Å²) >= 11 is 0. The summed E-state index contributed by atoms with van der Waals surface area (Å²) in [5, 5.41) is 3.17. The fourth-order valence-electron chi connectivity index (χ4n) is 2.89. The first-order valence-corrected chi connectivity index (χ1v) is 8.87. The number of anilines is 2. The highest BCUT2D eigenvalue weighted by atomic mass is 16.5. The summed E-state index contributed by atoms with van der Waals surface area (Å²) in [6, 6.07) is 7.64. The molecule has 0 atom stereocenters. The van der Waals surface area contributed by atoms with Crippen LogP contribution >= 0.6 is 0 Å². The molecular formula is C19H24N4O2. The predicted octanol–water partition coefficient (Wildman–Crippen LogP) is 3.64. The van der Waals surface area contributed by atoms with Crippen LogP contribution in [0.15, 0.2) is 36.7 Å². The van der Waals surface area contributed by atoms with Crippen molar-refractivity contribution in [2.75, 3.05) is 25.0 Å². The minimum atomic E-state index is -0.0259. The third-order valence-corrected chi connectivity index (χ3v) is 4.20. The summed E-state index contributed by atoms with van der Waals surface area (Å²) in [6.07, 6.45) is 7.67. The summed E-state index contributed by atoms with van der Waals surface area (Å²) in [7, 11) is 0. The van der Waals surface area contributed by atoms with Gasteiger partial charge in [0, 0.05) is 18.8 Å². The zero-order valence-corrected chi connectivity index (χ0v) is 14.6. The number of carbonyl (C=O) groups excluding carboxylic acids is 1. The largest absolute Gasteiger partial charge is 0.494 e. The molecule has 1 fully saturated rings. The number of hydrogen-bond donors (Lipinski definition) is 1. The van der Waals surface area contributed by atoms with Crippen LogP contribution < -0.4 is 10.1 Å². The van der Waals surface area contributed by atoms with Crippen LogP contribution in [0, 0.1) is 0 Å². The van der Waals surface area contributed by atoms with Crippen molar-refractivity contribution in [1.82, 2.24) is 14.9 Å².